The van der Waals surface area contributed by atoms with E-state index in [1.54, 1.807) is 14.2 Å². The molecule has 1 rings (SSSR count). The summed E-state index contributed by atoms with van der Waals surface area (Å²) in [5.41, 5.74) is 1.25. The van der Waals surface area contributed by atoms with E-state index in [-0.39, 0.29) is 6.04 Å². The lowest BCUT2D eigenvalue weighted by Gasteiger charge is -2.18. The molecule has 22 heavy (non-hydrogen) atoms. The monoisotopic (exact) mass is 307 g/mol. The van der Waals surface area contributed by atoms with Crippen molar-refractivity contribution in [2.45, 2.75) is 25.8 Å². The summed E-state index contributed by atoms with van der Waals surface area (Å²) >= 11 is 0. The van der Waals surface area contributed by atoms with E-state index in [0.29, 0.717) is 13.2 Å². The molecule has 2 N–H and O–H groups in total. The Hall–Kier alpha value is -1.59. The second kappa shape index (κ2) is 12.0. The first-order chi connectivity index (χ1) is 10.8. The summed E-state index contributed by atoms with van der Waals surface area (Å²) in [5.74, 6) is 0.830. The number of nitrogens with one attached hydrogen (secondary N) is 2. The first-order valence-corrected chi connectivity index (χ1v) is 7.86. The summed E-state index contributed by atoms with van der Waals surface area (Å²) in [6.07, 6.45) is 2.08. The van der Waals surface area contributed by atoms with Crippen molar-refractivity contribution >= 4 is 5.96 Å². The standard InChI is InChI=1S/C17H29N3O2/c1-15(16-9-5-4-6-10-16)20-17(18-2)19-11-7-8-12-22-14-13-21-3/h4-6,9-10,15H,7-8,11-14H2,1-3H3,(H2,18,19,20). The van der Waals surface area contributed by atoms with Gasteiger partial charge in [0, 0.05) is 27.3 Å². The fourth-order valence-corrected chi connectivity index (χ4v) is 2.00. The second-order valence-corrected chi connectivity index (χ2v) is 5.09. The zero-order valence-electron chi connectivity index (χ0n) is 14.0. The van der Waals surface area contributed by atoms with Gasteiger partial charge < -0.3 is 20.1 Å². The Morgan fingerprint density at radius 3 is 2.59 bits per heavy atom. The number of rotatable bonds is 10. The Morgan fingerprint density at radius 1 is 1.14 bits per heavy atom. The molecule has 0 spiro atoms. The first kappa shape index (κ1) is 18.5. The van der Waals surface area contributed by atoms with Gasteiger partial charge in [-0.25, -0.2) is 0 Å². The number of methoxy groups -OCH3 is 1. The van der Waals surface area contributed by atoms with Crippen LogP contribution in [0.25, 0.3) is 0 Å². The van der Waals surface area contributed by atoms with Gasteiger partial charge >= 0.3 is 0 Å². The number of unbranched alkanes of at least 4 members (excludes halogenated alkanes) is 1. The predicted octanol–water partition coefficient (Wildman–Crippen LogP) is 2.36. The fourth-order valence-electron chi connectivity index (χ4n) is 2.00. The van der Waals surface area contributed by atoms with Crippen molar-refractivity contribution < 1.29 is 9.47 Å². The van der Waals surface area contributed by atoms with Crippen molar-refractivity contribution in [2.24, 2.45) is 4.99 Å². The summed E-state index contributed by atoms with van der Waals surface area (Å²) in [7, 11) is 3.48. The van der Waals surface area contributed by atoms with Crippen molar-refractivity contribution in [3.05, 3.63) is 35.9 Å². The highest BCUT2D eigenvalue weighted by Gasteiger charge is 2.06. The molecule has 1 unspecified atom stereocenters. The number of ether oxygens (including phenoxy) is 2. The van der Waals surface area contributed by atoms with Crippen LogP contribution in [-0.2, 0) is 9.47 Å². The lowest BCUT2D eigenvalue weighted by atomic mass is 10.1. The summed E-state index contributed by atoms with van der Waals surface area (Å²) in [6, 6.07) is 10.6. The highest BCUT2D eigenvalue weighted by molar-refractivity contribution is 5.80. The normalized spacial score (nSPS) is 13.0. The van der Waals surface area contributed by atoms with Gasteiger partial charge in [-0.3, -0.25) is 4.99 Å². The van der Waals surface area contributed by atoms with E-state index >= 15 is 0 Å². The lowest BCUT2D eigenvalue weighted by molar-refractivity contribution is 0.0689. The molecule has 0 saturated carbocycles. The molecule has 5 nitrogen and oxygen atoms in total. The summed E-state index contributed by atoms with van der Waals surface area (Å²) < 4.78 is 10.4. The number of aliphatic imine (C=N–C) groups is 1. The Kier molecular flexibility index (Phi) is 10.1. The molecule has 1 aromatic carbocycles. The molecular formula is C17H29N3O2. The molecule has 0 aromatic heterocycles. The Morgan fingerprint density at radius 2 is 1.91 bits per heavy atom. The van der Waals surface area contributed by atoms with Gasteiger partial charge in [0.1, 0.15) is 0 Å². The van der Waals surface area contributed by atoms with Gasteiger partial charge in [-0.05, 0) is 25.3 Å². The van der Waals surface area contributed by atoms with Gasteiger partial charge in [0.25, 0.3) is 0 Å². The highest BCUT2D eigenvalue weighted by atomic mass is 16.5. The van der Waals surface area contributed by atoms with Crippen LogP contribution in [-0.4, -0.2) is 46.5 Å². The van der Waals surface area contributed by atoms with Gasteiger partial charge in [0.05, 0.1) is 19.3 Å². The lowest BCUT2D eigenvalue weighted by Crippen LogP contribution is -2.39. The van der Waals surface area contributed by atoms with Crippen LogP contribution in [0.2, 0.25) is 0 Å². The van der Waals surface area contributed by atoms with Crippen LogP contribution in [0.4, 0.5) is 0 Å². The first-order valence-electron chi connectivity index (χ1n) is 7.86. The maximum absolute atomic E-state index is 5.43. The van der Waals surface area contributed by atoms with Gasteiger partial charge in [0.2, 0.25) is 0 Å². The van der Waals surface area contributed by atoms with Gasteiger partial charge in [-0.2, -0.15) is 0 Å². The van der Waals surface area contributed by atoms with E-state index in [2.05, 4.69) is 34.7 Å². The van der Waals surface area contributed by atoms with E-state index < -0.39 is 0 Å². The summed E-state index contributed by atoms with van der Waals surface area (Å²) in [4.78, 5) is 4.26. The van der Waals surface area contributed by atoms with Crippen molar-refractivity contribution in [1.82, 2.24) is 10.6 Å². The Balaban J connectivity index is 2.15. The van der Waals surface area contributed by atoms with Crippen LogP contribution in [0, 0.1) is 0 Å². The average Bonchev–Trinajstić information content (AvgIpc) is 2.56. The Bertz CT molecular complexity index is 410. The smallest absolute Gasteiger partial charge is 0.191 e. The highest BCUT2D eigenvalue weighted by Crippen LogP contribution is 2.10. The molecule has 0 radical (unpaired) electrons. The van der Waals surface area contributed by atoms with Gasteiger partial charge in [-0.1, -0.05) is 30.3 Å². The SMILES string of the molecule is CN=C(NCCCCOCCOC)NC(C)c1ccccc1. The van der Waals surface area contributed by atoms with Crippen molar-refractivity contribution in [3.63, 3.8) is 0 Å². The molecule has 0 aliphatic heterocycles. The van der Waals surface area contributed by atoms with Gasteiger partial charge in [-0.15, -0.1) is 0 Å². The van der Waals surface area contributed by atoms with E-state index in [4.69, 9.17) is 9.47 Å². The van der Waals surface area contributed by atoms with Crippen LogP contribution in [0.15, 0.2) is 35.3 Å². The largest absolute Gasteiger partial charge is 0.382 e. The predicted molar refractivity (Wildman–Crippen MR) is 91.3 cm³/mol. The van der Waals surface area contributed by atoms with E-state index in [9.17, 15) is 0 Å². The van der Waals surface area contributed by atoms with Crippen LogP contribution in [0.5, 0.6) is 0 Å². The van der Waals surface area contributed by atoms with Crippen molar-refractivity contribution in [2.75, 3.05) is 40.5 Å². The molecule has 1 atom stereocenters. The Labute approximate surface area is 134 Å². The molecule has 0 aliphatic rings. The minimum absolute atomic E-state index is 0.227. The maximum Gasteiger partial charge on any atom is 0.191 e. The fraction of sp³-hybridized carbons (Fsp3) is 0.588. The maximum atomic E-state index is 5.43. The molecule has 0 fully saturated rings. The summed E-state index contributed by atoms with van der Waals surface area (Å²) in [5, 5.41) is 6.72. The quantitative estimate of drug-likeness (QED) is 0.396. The molecule has 0 saturated heterocycles. The number of guanidine groups is 1. The third-order valence-corrected chi connectivity index (χ3v) is 3.32. The minimum atomic E-state index is 0.227. The number of benzene rings is 1. The third-order valence-electron chi connectivity index (χ3n) is 3.32. The van der Waals surface area contributed by atoms with Gasteiger partial charge in [0.15, 0.2) is 5.96 Å². The molecule has 0 amide bonds. The van der Waals surface area contributed by atoms with Crippen molar-refractivity contribution in [1.29, 1.82) is 0 Å². The zero-order chi connectivity index (χ0) is 16.0. The molecule has 0 aliphatic carbocycles. The second-order valence-electron chi connectivity index (χ2n) is 5.09. The van der Waals surface area contributed by atoms with Crippen LogP contribution < -0.4 is 10.6 Å². The van der Waals surface area contributed by atoms with E-state index in [1.165, 1.54) is 5.56 Å². The van der Waals surface area contributed by atoms with Crippen LogP contribution >= 0.6 is 0 Å². The molecule has 5 heteroatoms. The molecule has 0 bridgehead atoms. The molecule has 1 aromatic rings. The average molecular weight is 307 g/mol. The number of hydrogen-bond acceptors (Lipinski definition) is 3. The van der Waals surface area contributed by atoms with Crippen LogP contribution in [0.3, 0.4) is 0 Å². The number of nitrogens with zero attached hydrogens (tertiary/aromatic N) is 1. The van der Waals surface area contributed by atoms with E-state index in [0.717, 1.165) is 32.0 Å². The van der Waals surface area contributed by atoms with E-state index in [1.807, 2.05) is 18.2 Å². The zero-order valence-corrected chi connectivity index (χ0v) is 14.0. The third kappa shape index (κ3) is 8.00. The molecule has 0 heterocycles. The number of hydrogen-bond donors (Lipinski definition) is 2. The minimum Gasteiger partial charge on any atom is -0.382 e. The van der Waals surface area contributed by atoms with Crippen LogP contribution in [0.1, 0.15) is 31.4 Å². The molecular weight excluding hydrogens is 278 g/mol. The summed E-state index contributed by atoms with van der Waals surface area (Å²) in [6.45, 7) is 5.12. The topological polar surface area (TPSA) is 54.9 Å². The van der Waals surface area contributed by atoms with Crippen molar-refractivity contribution in [3.8, 4) is 0 Å². The molecule has 124 valence electrons.